The van der Waals surface area contributed by atoms with Gasteiger partial charge in [-0.2, -0.15) is 0 Å². The Labute approximate surface area is 86.9 Å². The molecule has 1 N–H and O–H groups in total. The molecular weight excluding hydrogens is 208 g/mol. The van der Waals surface area contributed by atoms with Crippen molar-refractivity contribution >= 4 is 30.2 Å². The van der Waals surface area contributed by atoms with E-state index in [1.54, 1.807) is 6.07 Å². The Morgan fingerprint density at radius 2 is 2.23 bits per heavy atom. The van der Waals surface area contributed by atoms with E-state index in [1.807, 2.05) is 12.1 Å². The van der Waals surface area contributed by atoms with E-state index in [0.717, 1.165) is 5.56 Å². The first-order valence-electron chi connectivity index (χ1n) is 3.79. The highest BCUT2D eigenvalue weighted by molar-refractivity contribution is 7.80. The molecule has 0 aliphatic carbocycles. The van der Waals surface area contributed by atoms with Crippen molar-refractivity contribution in [3.63, 3.8) is 0 Å². The standard InChI is InChI=1S/C9H9ClO2S/c10-9-6(4-5-8(11)12)2-1-3-7(9)13/h1-3,13H,4-5H2,(H,11,12). The van der Waals surface area contributed by atoms with Crippen LogP contribution in [-0.4, -0.2) is 11.1 Å². The predicted molar refractivity (Wildman–Crippen MR) is 54.7 cm³/mol. The summed E-state index contributed by atoms with van der Waals surface area (Å²) in [5, 5.41) is 9.02. The Kier molecular flexibility index (Phi) is 3.63. The van der Waals surface area contributed by atoms with Crippen LogP contribution in [0.25, 0.3) is 0 Å². The van der Waals surface area contributed by atoms with Crippen LogP contribution >= 0.6 is 24.2 Å². The van der Waals surface area contributed by atoms with Crippen molar-refractivity contribution in [2.75, 3.05) is 0 Å². The van der Waals surface area contributed by atoms with E-state index in [0.29, 0.717) is 16.3 Å². The molecule has 0 heterocycles. The summed E-state index contributed by atoms with van der Waals surface area (Å²) in [4.78, 5) is 11.0. The van der Waals surface area contributed by atoms with Gasteiger partial charge in [0.1, 0.15) is 0 Å². The molecule has 0 aliphatic rings. The maximum atomic E-state index is 10.3. The molecule has 4 heteroatoms. The summed E-state index contributed by atoms with van der Waals surface area (Å²) in [6.07, 6.45) is 0.541. The van der Waals surface area contributed by atoms with Gasteiger partial charge in [-0.15, -0.1) is 12.6 Å². The SMILES string of the molecule is O=C(O)CCc1cccc(S)c1Cl. The number of carboxylic acid groups (broad SMARTS) is 1. The van der Waals surface area contributed by atoms with Crippen LogP contribution in [0.3, 0.4) is 0 Å². The minimum Gasteiger partial charge on any atom is -0.481 e. The molecule has 2 nitrogen and oxygen atoms in total. The van der Waals surface area contributed by atoms with Gasteiger partial charge in [-0.1, -0.05) is 23.7 Å². The number of benzene rings is 1. The average molecular weight is 217 g/mol. The van der Waals surface area contributed by atoms with E-state index in [4.69, 9.17) is 16.7 Å². The quantitative estimate of drug-likeness (QED) is 0.763. The summed E-state index contributed by atoms with van der Waals surface area (Å²) < 4.78 is 0. The molecule has 0 atom stereocenters. The number of rotatable bonds is 3. The number of thiol groups is 1. The van der Waals surface area contributed by atoms with Gasteiger partial charge >= 0.3 is 5.97 Å². The Balaban J connectivity index is 2.77. The highest BCUT2D eigenvalue weighted by Gasteiger charge is 2.05. The molecule has 0 bridgehead atoms. The molecule has 1 rings (SSSR count). The highest BCUT2D eigenvalue weighted by atomic mass is 35.5. The second-order valence-electron chi connectivity index (χ2n) is 2.64. The first-order chi connectivity index (χ1) is 6.11. The fourth-order valence-electron chi connectivity index (χ4n) is 1.00. The van der Waals surface area contributed by atoms with Crippen molar-refractivity contribution in [1.82, 2.24) is 0 Å². The smallest absolute Gasteiger partial charge is 0.303 e. The molecule has 0 aromatic heterocycles. The maximum absolute atomic E-state index is 10.3. The number of aliphatic carboxylic acids is 1. The largest absolute Gasteiger partial charge is 0.481 e. The molecule has 0 unspecified atom stereocenters. The Morgan fingerprint density at radius 3 is 2.85 bits per heavy atom. The Bertz CT molecular complexity index is 325. The van der Waals surface area contributed by atoms with Crippen LogP contribution in [0.15, 0.2) is 23.1 Å². The molecule has 0 radical (unpaired) electrons. The third-order valence-corrected chi connectivity index (χ3v) is 2.62. The molecule has 1 aromatic rings. The number of carboxylic acids is 1. The first-order valence-corrected chi connectivity index (χ1v) is 4.62. The number of carbonyl (C=O) groups is 1. The van der Waals surface area contributed by atoms with E-state index < -0.39 is 5.97 Å². The number of hydrogen-bond acceptors (Lipinski definition) is 2. The zero-order chi connectivity index (χ0) is 9.84. The van der Waals surface area contributed by atoms with Crippen LogP contribution in [0, 0.1) is 0 Å². The zero-order valence-corrected chi connectivity index (χ0v) is 8.48. The van der Waals surface area contributed by atoms with Crippen LogP contribution in [0.4, 0.5) is 0 Å². The lowest BCUT2D eigenvalue weighted by Crippen LogP contribution is -1.97. The second-order valence-corrected chi connectivity index (χ2v) is 3.50. The second kappa shape index (κ2) is 4.53. The van der Waals surface area contributed by atoms with Crippen LogP contribution in [0.5, 0.6) is 0 Å². The van der Waals surface area contributed by atoms with E-state index in [2.05, 4.69) is 12.6 Å². The fraction of sp³-hybridized carbons (Fsp3) is 0.222. The van der Waals surface area contributed by atoms with Gasteiger partial charge in [0.05, 0.1) is 5.02 Å². The van der Waals surface area contributed by atoms with Gasteiger partial charge < -0.3 is 5.11 Å². The normalized spacial score (nSPS) is 10.0. The summed E-state index contributed by atoms with van der Waals surface area (Å²) in [5.74, 6) is -0.819. The average Bonchev–Trinajstić information content (AvgIpc) is 2.07. The molecule has 0 aliphatic heterocycles. The lowest BCUT2D eigenvalue weighted by Gasteiger charge is -2.03. The summed E-state index contributed by atoms with van der Waals surface area (Å²) in [6, 6.07) is 5.39. The van der Waals surface area contributed by atoms with Crippen molar-refractivity contribution in [2.24, 2.45) is 0 Å². The summed E-state index contributed by atoms with van der Waals surface area (Å²) in [7, 11) is 0. The van der Waals surface area contributed by atoms with Gasteiger partial charge in [0.2, 0.25) is 0 Å². The summed E-state index contributed by atoms with van der Waals surface area (Å²) in [6.45, 7) is 0. The van der Waals surface area contributed by atoms with Crippen LogP contribution in [-0.2, 0) is 11.2 Å². The maximum Gasteiger partial charge on any atom is 0.303 e. The summed E-state index contributed by atoms with van der Waals surface area (Å²) >= 11 is 10.0. The van der Waals surface area contributed by atoms with Gasteiger partial charge in [-0.25, -0.2) is 0 Å². The zero-order valence-electron chi connectivity index (χ0n) is 6.83. The van der Waals surface area contributed by atoms with E-state index in [-0.39, 0.29) is 6.42 Å². The van der Waals surface area contributed by atoms with E-state index in [9.17, 15) is 4.79 Å². The predicted octanol–water partition coefficient (Wildman–Crippen LogP) is 2.65. The van der Waals surface area contributed by atoms with Crippen molar-refractivity contribution < 1.29 is 9.90 Å². The van der Waals surface area contributed by atoms with E-state index >= 15 is 0 Å². The van der Waals surface area contributed by atoms with Gasteiger partial charge in [-0.05, 0) is 18.1 Å². The molecule has 0 saturated heterocycles. The van der Waals surface area contributed by atoms with Crippen LogP contribution in [0.1, 0.15) is 12.0 Å². The van der Waals surface area contributed by atoms with Crippen molar-refractivity contribution in [2.45, 2.75) is 17.7 Å². The lowest BCUT2D eigenvalue weighted by molar-refractivity contribution is -0.136. The molecule has 0 saturated carbocycles. The first kappa shape index (κ1) is 10.4. The number of hydrogen-bond donors (Lipinski definition) is 2. The molecule has 0 fully saturated rings. The topological polar surface area (TPSA) is 37.3 Å². The molecule has 13 heavy (non-hydrogen) atoms. The lowest BCUT2D eigenvalue weighted by atomic mass is 10.1. The molecule has 1 aromatic carbocycles. The third-order valence-electron chi connectivity index (χ3n) is 1.67. The minimum atomic E-state index is -0.819. The van der Waals surface area contributed by atoms with Gasteiger partial charge in [-0.3, -0.25) is 4.79 Å². The molecular formula is C9H9ClO2S. The Hall–Kier alpha value is -0.670. The summed E-state index contributed by atoms with van der Waals surface area (Å²) in [5.41, 5.74) is 0.830. The Morgan fingerprint density at radius 1 is 1.54 bits per heavy atom. The van der Waals surface area contributed by atoms with Crippen molar-refractivity contribution in [3.05, 3.63) is 28.8 Å². The fourth-order valence-corrected chi connectivity index (χ4v) is 1.45. The van der Waals surface area contributed by atoms with Crippen molar-refractivity contribution in [1.29, 1.82) is 0 Å². The molecule has 0 amide bonds. The molecule has 0 spiro atoms. The third kappa shape index (κ3) is 2.94. The number of aryl methyl sites for hydroxylation is 1. The monoisotopic (exact) mass is 216 g/mol. The van der Waals surface area contributed by atoms with Crippen LogP contribution in [0.2, 0.25) is 5.02 Å². The van der Waals surface area contributed by atoms with Crippen LogP contribution < -0.4 is 0 Å². The van der Waals surface area contributed by atoms with Gasteiger partial charge in [0.25, 0.3) is 0 Å². The van der Waals surface area contributed by atoms with Gasteiger partial charge in [0, 0.05) is 11.3 Å². The van der Waals surface area contributed by atoms with Gasteiger partial charge in [0.15, 0.2) is 0 Å². The minimum absolute atomic E-state index is 0.0942. The molecule has 70 valence electrons. The highest BCUT2D eigenvalue weighted by Crippen LogP contribution is 2.24. The van der Waals surface area contributed by atoms with Crippen molar-refractivity contribution in [3.8, 4) is 0 Å². The van der Waals surface area contributed by atoms with E-state index in [1.165, 1.54) is 0 Å². The number of halogens is 1.